The van der Waals surface area contributed by atoms with Crippen LogP contribution in [0.5, 0.6) is 5.75 Å². The summed E-state index contributed by atoms with van der Waals surface area (Å²) < 4.78 is 5.49. The summed E-state index contributed by atoms with van der Waals surface area (Å²) >= 11 is 0. The Balaban J connectivity index is 0.000000396. The summed E-state index contributed by atoms with van der Waals surface area (Å²) in [5.74, 6) is 2.01. The van der Waals surface area contributed by atoms with Gasteiger partial charge < -0.3 is 4.74 Å². The van der Waals surface area contributed by atoms with Crippen molar-refractivity contribution in [3.63, 3.8) is 0 Å². The molecule has 0 atom stereocenters. The third-order valence-electron chi connectivity index (χ3n) is 1.85. The van der Waals surface area contributed by atoms with Crippen LogP contribution < -0.4 is 4.74 Å². The van der Waals surface area contributed by atoms with Gasteiger partial charge in [0.25, 0.3) is 0 Å². The highest BCUT2D eigenvalue weighted by Crippen LogP contribution is 2.24. The Morgan fingerprint density at radius 2 is 1.85 bits per heavy atom. The fourth-order valence-electron chi connectivity index (χ4n) is 1.24. The summed E-state index contributed by atoms with van der Waals surface area (Å²) in [5.41, 5.74) is 1.28. The second kappa shape index (κ2) is 4.70. The van der Waals surface area contributed by atoms with Gasteiger partial charge in [0.15, 0.2) is 0 Å². The maximum Gasteiger partial charge on any atom is 0.130 e. The summed E-state index contributed by atoms with van der Waals surface area (Å²) in [6, 6.07) is 8.14. The van der Waals surface area contributed by atoms with E-state index in [1.165, 1.54) is 5.56 Å². The van der Waals surface area contributed by atoms with Crippen molar-refractivity contribution in [2.24, 2.45) is 0 Å². The zero-order valence-corrected chi connectivity index (χ0v) is 8.50. The highest BCUT2D eigenvalue weighted by molar-refractivity contribution is 5.38. The highest BCUT2D eigenvalue weighted by atomic mass is 16.5. The van der Waals surface area contributed by atoms with Gasteiger partial charge in [-0.2, -0.15) is 0 Å². The number of allylic oxidation sites excluding steroid dienone is 2. The van der Waals surface area contributed by atoms with Crippen LogP contribution in [0.1, 0.15) is 26.3 Å². The lowest BCUT2D eigenvalue weighted by Crippen LogP contribution is -2.00. The molecule has 0 fully saturated rings. The third kappa shape index (κ3) is 2.35. The molecular formula is C12H16O. The first-order chi connectivity index (χ1) is 6.36. The monoisotopic (exact) mass is 176 g/mol. The van der Waals surface area contributed by atoms with Crippen molar-refractivity contribution in [1.29, 1.82) is 0 Å². The van der Waals surface area contributed by atoms with Crippen molar-refractivity contribution in [1.82, 2.24) is 0 Å². The van der Waals surface area contributed by atoms with E-state index in [-0.39, 0.29) is 0 Å². The molecule has 1 aromatic rings. The van der Waals surface area contributed by atoms with E-state index in [0.29, 0.717) is 0 Å². The normalized spacial score (nSPS) is 13.0. The number of ether oxygens (including phenoxy) is 1. The fourth-order valence-corrected chi connectivity index (χ4v) is 1.24. The Bertz CT molecular complexity index is 300. The van der Waals surface area contributed by atoms with E-state index < -0.39 is 0 Å². The average molecular weight is 176 g/mol. The van der Waals surface area contributed by atoms with Gasteiger partial charge in [0, 0.05) is 0 Å². The van der Waals surface area contributed by atoms with E-state index in [4.69, 9.17) is 4.74 Å². The molecule has 0 aliphatic carbocycles. The molecule has 0 radical (unpaired) electrons. The highest BCUT2D eigenvalue weighted by Gasteiger charge is 2.06. The minimum Gasteiger partial charge on any atom is -0.462 e. The molecule has 1 nitrogen and oxygen atoms in total. The lowest BCUT2D eigenvalue weighted by atomic mass is 10.1. The predicted molar refractivity (Wildman–Crippen MR) is 55.9 cm³/mol. The van der Waals surface area contributed by atoms with Crippen molar-refractivity contribution in [3.05, 3.63) is 41.7 Å². The molecule has 1 aliphatic heterocycles. The standard InChI is InChI=1S/C10H10O.C2H6/c1-8-6-7-9-4-2-3-5-10(9)11-8;1-2/h2-6H,7H2,1H3;1-2H3. The Hall–Kier alpha value is -1.24. The van der Waals surface area contributed by atoms with Crippen molar-refractivity contribution >= 4 is 0 Å². The molecule has 1 heteroatoms. The second-order valence-electron chi connectivity index (χ2n) is 2.73. The maximum absolute atomic E-state index is 5.49. The number of benzene rings is 1. The Morgan fingerprint density at radius 3 is 2.62 bits per heavy atom. The minimum atomic E-state index is 1.00. The van der Waals surface area contributed by atoms with Gasteiger partial charge in [-0.15, -0.1) is 0 Å². The molecule has 1 heterocycles. The summed E-state index contributed by atoms with van der Waals surface area (Å²) in [4.78, 5) is 0. The van der Waals surface area contributed by atoms with Crippen LogP contribution in [-0.2, 0) is 6.42 Å². The zero-order valence-electron chi connectivity index (χ0n) is 8.50. The second-order valence-corrected chi connectivity index (χ2v) is 2.73. The van der Waals surface area contributed by atoms with E-state index in [0.717, 1.165) is 17.9 Å². The van der Waals surface area contributed by atoms with Gasteiger partial charge in [-0.1, -0.05) is 32.0 Å². The average Bonchev–Trinajstić information content (AvgIpc) is 2.21. The largest absolute Gasteiger partial charge is 0.462 e. The quantitative estimate of drug-likeness (QED) is 0.587. The number of fused-ring (bicyclic) bond motifs is 1. The molecular weight excluding hydrogens is 160 g/mol. The first-order valence-corrected chi connectivity index (χ1v) is 4.79. The molecule has 2 rings (SSSR count). The zero-order chi connectivity index (χ0) is 9.68. The van der Waals surface area contributed by atoms with E-state index >= 15 is 0 Å². The molecule has 1 aliphatic rings. The van der Waals surface area contributed by atoms with Crippen molar-refractivity contribution < 1.29 is 4.74 Å². The molecule has 70 valence electrons. The molecule has 13 heavy (non-hydrogen) atoms. The van der Waals surface area contributed by atoms with Gasteiger partial charge in [0.05, 0.1) is 5.76 Å². The van der Waals surface area contributed by atoms with Crippen LogP contribution in [0.3, 0.4) is 0 Å². The molecule has 0 bridgehead atoms. The van der Waals surface area contributed by atoms with Gasteiger partial charge in [-0.25, -0.2) is 0 Å². The van der Waals surface area contributed by atoms with Crippen LogP contribution in [-0.4, -0.2) is 0 Å². The molecule has 1 aromatic carbocycles. The third-order valence-corrected chi connectivity index (χ3v) is 1.85. The summed E-state index contributed by atoms with van der Waals surface area (Å²) in [6.07, 6.45) is 3.10. The van der Waals surface area contributed by atoms with Gasteiger partial charge in [0.1, 0.15) is 5.75 Å². The molecule has 0 N–H and O–H groups in total. The number of rotatable bonds is 0. The smallest absolute Gasteiger partial charge is 0.130 e. The summed E-state index contributed by atoms with van der Waals surface area (Å²) in [6.45, 7) is 5.98. The number of para-hydroxylation sites is 1. The maximum atomic E-state index is 5.49. The molecule has 0 unspecified atom stereocenters. The lowest BCUT2D eigenvalue weighted by molar-refractivity contribution is 0.412. The van der Waals surface area contributed by atoms with Crippen LogP contribution in [0, 0.1) is 0 Å². The molecule has 0 saturated carbocycles. The SMILES string of the molecule is CC.CC1=CCc2ccccc2O1. The van der Waals surface area contributed by atoms with Crippen LogP contribution in [0.4, 0.5) is 0 Å². The first-order valence-electron chi connectivity index (χ1n) is 4.79. The topological polar surface area (TPSA) is 9.23 Å². The first kappa shape index (κ1) is 9.85. The summed E-state index contributed by atoms with van der Waals surface area (Å²) in [7, 11) is 0. The van der Waals surface area contributed by atoms with Gasteiger partial charge in [-0.3, -0.25) is 0 Å². The Kier molecular flexibility index (Phi) is 3.56. The van der Waals surface area contributed by atoms with Gasteiger partial charge in [-0.05, 0) is 31.1 Å². The number of hydrogen-bond acceptors (Lipinski definition) is 1. The molecule has 0 spiro atoms. The van der Waals surface area contributed by atoms with Crippen molar-refractivity contribution in [2.45, 2.75) is 27.2 Å². The molecule has 0 saturated heterocycles. The number of hydrogen-bond donors (Lipinski definition) is 0. The van der Waals surface area contributed by atoms with E-state index in [9.17, 15) is 0 Å². The molecule has 0 amide bonds. The lowest BCUT2D eigenvalue weighted by Gasteiger charge is -2.14. The van der Waals surface area contributed by atoms with Crippen LogP contribution >= 0.6 is 0 Å². The predicted octanol–water partition coefficient (Wildman–Crippen LogP) is 3.55. The minimum absolute atomic E-state index is 1.00. The summed E-state index contributed by atoms with van der Waals surface area (Å²) in [5, 5.41) is 0. The Labute approximate surface area is 80.0 Å². The van der Waals surface area contributed by atoms with Crippen molar-refractivity contribution in [3.8, 4) is 5.75 Å². The van der Waals surface area contributed by atoms with Crippen LogP contribution in [0.15, 0.2) is 36.1 Å². The van der Waals surface area contributed by atoms with Gasteiger partial charge >= 0.3 is 0 Å². The van der Waals surface area contributed by atoms with Crippen LogP contribution in [0.2, 0.25) is 0 Å². The van der Waals surface area contributed by atoms with Crippen molar-refractivity contribution in [2.75, 3.05) is 0 Å². The van der Waals surface area contributed by atoms with E-state index in [2.05, 4.69) is 12.1 Å². The van der Waals surface area contributed by atoms with E-state index in [1.54, 1.807) is 0 Å². The molecule has 0 aromatic heterocycles. The Morgan fingerprint density at radius 1 is 1.15 bits per heavy atom. The van der Waals surface area contributed by atoms with Crippen LogP contribution in [0.25, 0.3) is 0 Å². The van der Waals surface area contributed by atoms with Gasteiger partial charge in [0.2, 0.25) is 0 Å². The fraction of sp³-hybridized carbons (Fsp3) is 0.333. The van der Waals surface area contributed by atoms with E-state index in [1.807, 2.05) is 39.0 Å².